The van der Waals surface area contributed by atoms with E-state index in [0.29, 0.717) is 38.5 Å². The molecule has 12 nitrogen and oxygen atoms in total. The summed E-state index contributed by atoms with van der Waals surface area (Å²) >= 11 is 13.3. The summed E-state index contributed by atoms with van der Waals surface area (Å²) < 4.78 is 24.3. The Hall–Kier alpha value is -2.38. The lowest BCUT2D eigenvalue weighted by molar-refractivity contribution is -0.144. The minimum atomic E-state index is -3.59. The van der Waals surface area contributed by atoms with Gasteiger partial charge in [-0.3, -0.25) is 19.2 Å². The lowest BCUT2D eigenvalue weighted by Crippen LogP contribution is -2.63. The number of rotatable bonds is 16. The van der Waals surface area contributed by atoms with Gasteiger partial charge in [0.05, 0.1) is 22.1 Å². The van der Waals surface area contributed by atoms with Crippen molar-refractivity contribution in [2.45, 2.75) is 157 Å². The predicted octanol–water partition coefficient (Wildman–Crippen LogP) is 5.11. The quantitative estimate of drug-likeness (QED) is 0.0957. The minimum absolute atomic E-state index is 0.0828. The Balaban J connectivity index is 1.93. The van der Waals surface area contributed by atoms with Gasteiger partial charge in [-0.2, -0.15) is 0 Å². The monoisotopic (exact) mass is 789 g/mol. The molecule has 3 rings (SSSR count). The van der Waals surface area contributed by atoms with Gasteiger partial charge < -0.3 is 26.2 Å². The molecule has 1 saturated heterocycles. The van der Waals surface area contributed by atoms with Crippen molar-refractivity contribution < 1.29 is 32.4 Å². The topological polar surface area (TPSA) is 171 Å². The Labute approximate surface area is 320 Å². The van der Waals surface area contributed by atoms with E-state index >= 15 is 0 Å². The third-order valence-electron chi connectivity index (χ3n) is 11.0. The van der Waals surface area contributed by atoms with Crippen molar-refractivity contribution in [1.82, 2.24) is 26.2 Å². The van der Waals surface area contributed by atoms with Gasteiger partial charge in [-0.15, -0.1) is 29.8 Å². The molecule has 296 valence electrons. The van der Waals surface area contributed by atoms with Crippen LogP contribution in [0.3, 0.4) is 0 Å². The number of sulfone groups is 1. The first-order valence-electron chi connectivity index (χ1n) is 19.0. The molecule has 2 aliphatic carbocycles. The number of Topliss-reactive ketones (excluding diaryl/α,β-unsaturated/α-hetero) is 1. The third kappa shape index (κ3) is 11.6. The van der Waals surface area contributed by atoms with E-state index in [9.17, 15) is 32.4 Å². The van der Waals surface area contributed by atoms with Gasteiger partial charge >= 0.3 is 6.03 Å². The molecule has 3 unspecified atom stereocenters. The number of ketones is 1. The molecular weight excluding hydrogens is 729 g/mol. The maximum atomic E-state index is 14.7. The number of amides is 5. The highest BCUT2D eigenvalue weighted by atomic mass is 35.5. The third-order valence-corrected chi connectivity index (χ3v) is 14.3. The molecule has 0 aromatic carbocycles. The molecule has 0 bridgehead atoms. The van der Waals surface area contributed by atoms with Crippen molar-refractivity contribution >= 4 is 62.6 Å². The highest BCUT2D eigenvalue weighted by Gasteiger charge is 2.52. The molecule has 3 aliphatic rings. The van der Waals surface area contributed by atoms with Gasteiger partial charge in [-0.1, -0.05) is 64.4 Å². The largest absolute Gasteiger partial charge is 0.346 e. The van der Waals surface area contributed by atoms with Crippen LogP contribution in [-0.2, 0) is 29.0 Å². The summed E-state index contributed by atoms with van der Waals surface area (Å²) in [6.45, 7) is 12.2. The van der Waals surface area contributed by atoms with Crippen LogP contribution in [0.15, 0.2) is 12.7 Å². The second-order valence-corrected chi connectivity index (χ2v) is 20.6. The Morgan fingerprint density at radius 2 is 1.56 bits per heavy atom. The van der Waals surface area contributed by atoms with E-state index in [1.807, 2.05) is 6.92 Å². The number of carbonyl (C=O) groups excluding carboxylic acids is 5. The normalized spacial score (nSPS) is 22.5. The number of hydrogen-bond acceptors (Lipinski definition) is 7. The number of alkyl halides is 2. The van der Waals surface area contributed by atoms with Crippen molar-refractivity contribution in [3.63, 3.8) is 0 Å². The molecule has 5 amide bonds. The fourth-order valence-corrected chi connectivity index (χ4v) is 9.78. The van der Waals surface area contributed by atoms with E-state index in [0.717, 1.165) is 38.5 Å². The van der Waals surface area contributed by atoms with Crippen molar-refractivity contribution in [2.24, 2.45) is 11.8 Å². The summed E-state index contributed by atoms with van der Waals surface area (Å²) in [4.78, 5) is 70.0. The van der Waals surface area contributed by atoms with Gasteiger partial charge in [0, 0.05) is 19.0 Å². The zero-order valence-corrected chi connectivity index (χ0v) is 34.0. The zero-order valence-electron chi connectivity index (χ0n) is 31.7. The van der Waals surface area contributed by atoms with E-state index < -0.39 is 78.0 Å². The number of unbranched alkanes of at least 4 members (excludes halogenated alkanes) is 1. The van der Waals surface area contributed by atoms with E-state index in [-0.39, 0.29) is 37.6 Å². The smallest absolute Gasteiger partial charge is 0.315 e. The highest BCUT2D eigenvalue weighted by molar-refractivity contribution is 7.92. The van der Waals surface area contributed by atoms with Crippen LogP contribution in [0.4, 0.5) is 4.79 Å². The molecule has 0 radical (unpaired) electrons. The highest BCUT2D eigenvalue weighted by Crippen LogP contribution is 2.42. The molecule has 0 spiro atoms. The van der Waals surface area contributed by atoms with Crippen LogP contribution in [0.2, 0.25) is 0 Å². The van der Waals surface area contributed by atoms with Crippen LogP contribution in [-0.4, -0.2) is 94.4 Å². The van der Waals surface area contributed by atoms with Gasteiger partial charge in [0.25, 0.3) is 5.91 Å². The number of halogens is 2. The van der Waals surface area contributed by atoms with E-state index in [2.05, 4.69) is 27.8 Å². The van der Waals surface area contributed by atoms with Crippen molar-refractivity contribution in [2.75, 3.05) is 18.8 Å². The molecule has 2 saturated carbocycles. The number of urea groups is 1. The predicted molar refractivity (Wildman–Crippen MR) is 205 cm³/mol. The molecule has 15 heteroatoms. The van der Waals surface area contributed by atoms with Gasteiger partial charge in [-0.25, -0.2) is 13.2 Å². The van der Waals surface area contributed by atoms with E-state index in [1.165, 1.54) is 11.0 Å². The van der Waals surface area contributed by atoms with Crippen LogP contribution < -0.4 is 21.3 Å². The Morgan fingerprint density at radius 3 is 2.12 bits per heavy atom. The van der Waals surface area contributed by atoms with Gasteiger partial charge in [0.1, 0.15) is 16.4 Å². The Kier molecular flexibility index (Phi) is 15.9. The first-order valence-corrected chi connectivity index (χ1v) is 21.4. The minimum Gasteiger partial charge on any atom is -0.346 e. The van der Waals surface area contributed by atoms with Crippen molar-refractivity contribution in [1.29, 1.82) is 0 Å². The van der Waals surface area contributed by atoms with Crippen LogP contribution in [0, 0.1) is 11.8 Å². The summed E-state index contributed by atoms with van der Waals surface area (Å²) in [5.74, 6) is -3.93. The van der Waals surface area contributed by atoms with Gasteiger partial charge in [0.2, 0.25) is 17.6 Å². The number of carbonyl (C=O) groups is 5. The molecule has 0 aromatic heterocycles. The van der Waals surface area contributed by atoms with Crippen molar-refractivity contribution in [3.8, 4) is 0 Å². The maximum absolute atomic E-state index is 14.7. The maximum Gasteiger partial charge on any atom is 0.315 e. The lowest BCUT2D eigenvalue weighted by atomic mass is 9.82. The van der Waals surface area contributed by atoms with Crippen LogP contribution in [0.25, 0.3) is 0 Å². The van der Waals surface area contributed by atoms with E-state index in [1.54, 1.807) is 27.7 Å². The lowest BCUT2D eigenvalue weighted by Gasteiger charge is -2.41. The second-order valence-electron chi connectivity index (χ2n) is 16.1. The Morgan fingerprint density at radius 1 is 0.942 bits per heavy atom. The average Bonchev–Trinajstić information content (AvgIpc) is 3.54. The van der Waals surface area contributed by atoms with Crippen molar-refractivity contribution in [3.05, 3.63) is 12.7 Å². The zero-order chi connectivity index (χ0) is 38.9. The van der Waals surface area contributed by atoms with Gasteiger partial charge in [-0.05, 0) is 72.1 Å². The Bertz CT molecular complexity index is 1400. The molecule has 0 aromatic rings. The first-order chi connectivity index (χ1) is 24.3. The number of nitrogens with zero attached hydrogens (tertiary/aromatic N) is 1. The summed E-state index contributed by atoms with van der Waals surface area (Å²) in [5, 5.41) is 11.2. The fourth-order valence-electron chi connectivity index (χ4n) is 7.80. The summed E-state index contributed by atoms with van der Waals surface area (Å²) in [6, 6.07) is -3.95. The molecule has 1 aliphatic heterocycles. The molecular formula is C37H61Cl2N5O7S. The van der Waals surface area contributed by atoms with Crippen LogP contribution >= 0.6 is 23.2 Å². The van der Waals surface area contributed by atoms with Crippen LogP contribution in [0.1, 0.15) is 125 Å². The SMILES string of the molecule is C=CCNC(=O)C(=O)C(CCCC)NC(=O)C1C(C(C)(Cl)Cl)CCN1C(=O)[C@@H](NC(=O)NC1(CS(=O)(=O)C(C)(C)C)CCCCC1)C1CCCCC1. The fraction of sp³-hybridized carbons (Fsp3) is 0.811. The first kappa shape index (κ1) is 44.0. The summed E-state index contributed by atoms with van der Waals surface area (Å²) in [6.07, 6.45) is 10.8. The number of nitrogens with one attached hydrogen (secondary N) is 4. The molecule has 1 heterocycles. The molecule has 4 atom stereocenters. The average molecular weight is 791 g/mol. The van der Waals surface area contributed by atoms with Crippen LogP contribution in [0.5, 0.6) is 0 Å². The summed E-state index contributed by atoms with van der Waals surface area (Å²) in [5.41, 5.74) is -0.979. The summed E-state index contributed by atoms with van der Waals surface area (Å²) in [7, 11) is -3.59. The van der Waals surface area contributed by atoms with Gasteiger partial charge in [0.15, 0.2) is 9.84 Å². The van der Waals surface area contributed by atoms with E-state index in [4.69, 9.17) is 23.2 Å². The molecule has 4 N–H and O–H groups in total. The second kappa shape index (κ2) is 18.8. The number of hydrogen-bond donors (Lipinski definition) is 4. The number of likely N-dealkylation sites (tertiary alicyclic amines) is 1. The standard InChI is InChI=1S/C37H61Cl2N5O7S/c1-7-9-18-27(30(45)32(47)40-22-8-2)41-31(46)29-26(36(6,38)39)19-23-44(29)33(48)28(25-16-12-10-13-17-25)42-34(49)43-37(20-14-11-15-21-37)24-52(50,51)35(3,4)5/h8,25-29H,2,7,9-24H2,1,3-6H3,(H,40,47)(H,41,46)(H2,42,43,49)/t26?,27?,28-,29?/m0/s1. The molecule has 52 heavy (non-hydrogen) atoms. The molecule has 3 fully saturated rings.